The highest BCUT2D eigenvalue weighted by atomic mass is 16.1. The molecule has 0 aliphatic carbocycles. The van der Waals surface area contributed by atoms with Crippen LogP contribution in [0, 0.1) is 0 Å². The van der Waals surface area contributed by atoms with Crippen molar-refractivity contribution in [2.45, 2.75) is 38.3 Å². The largest absolute Gasteiger partial charge is 0.300 e. The van der Waals surface area contributed by atoms with Crippen LogP contribution in [0.2, 0.25) is 0 Å². The van der Waals surface area contributed by atoms with Crippen molar-refractivity contribution in [1.29, 1.82) is 0 Å². The summed E-state index contributed by atoms with van der Waals surface area (Å²) >= 11 is 0. The van der Waals surface area contributed by atoms with Gasteiger partial charge in [-0.25, -0.2) is 0 Å². The Morgan fingerprint density at radius 1 is 1.25 bits per heavy atom. The van der Waals surface area contributed by atoms with Crippen molar-refractivity contribution < 1.29 is 4.79 Å². The number of likely N-dealkylation sites (tertiary alicyclic amines) is 1. The van der Waals surface area contributed by atoms with E-state index >= 15 is 0 Å². The molecule has 1 aromatic rings. The Hall–Kier alpha value is -1.15. The van der Waals surface area contributed by atoms with Crippen LogP contribution < -0.4 is 0 Å². The molecule has 0 radical (unpaired) electrons. The molecule has 1 aliphatic heterocycles. The lowest BCUT2D eigenvalue weighted by atomic mass is 9.83. The molecule has 2 nitrogen and oxygen atoms in total. The number of benzene rings is 1. The van der Waals surface area contributed by atoms with Crippen molar-refractivity contribution in [1.82, 2.24) is 4.90 Å². The predicted octanol–water partition coefficient (Wildman–Crippen LogP) is 2.80. The SMILES string of the molecule is CN1C(c2ccccc2)CC(=O)CC1(C)C. The Bertz CT molecular complexity index is 383. The van der Waals surface area contributed by atoms with E-state index in [1.54, 1.807) is 0 Å². The Labute approximate surface area is 97.3 Å². The highest BCUT2D eigenvalue weighted by Crippen LogP contribution is 2.36. The molecule has 1 fully saturated rings. The summed E-state index contributed by atoms with van der Waals surface area (Å²) in [5.74, 6) is 0.372. The fourth-order valence-electron chi connectivity index (χ4n) is 2.47. The zero-order valence-electron chi connectivity index (χ0n) is 10.2. The third kappa shape index (κ3) is 2.03. The van der Waals surface area contributed by atoms with Crippen molar-refractivity contribution in [3.8, 4) is 0 Å². The van der Waals surface area contributed by atoms with Crippen LogP contribution in [0.5, 0.6) is 0 Å². The standard InChI is InChI=1S/C14H19NO/c1-14(2)10-12(16)9-13(15(14)3)11-7-5-4-6-8-11/h4-8,13H,9-10H2,1-3H3. The van der Waals surface area contributed by atoms with Gasteiger partial charge in [-0.2, -0.15) is 0 Å². The van der Waals surface area contributed by atoms with E-state index in [-0.39, 0.29) is 11.6 Å². The van der Waals surface area contributed by atoms with Crippen molar-refractivity contribution in [2.24, 2.45) is 0 Å². The molecule has 2 rings (SSSR count). The minimum atomic E-state index is -0.0319. The molecule has 1 saturated heterocycles. The fraction of sp³-hybridized carbons (Fsp3) is 0.500. The maximum absolute atomic E-state index is 11.8. The van der Waals surface area contributed by atoms with Crippen molar-refractivity contribution in [2.75, 3.05) is 7.05 Å². The molecule has 2 heteroatoms. The Kier molecular flexibility index (Phi) is 2.85. The van der Waals surface area contributed by atoms with Gasteiger partial charge in [0.2, 0.25) is 0 Å². The molecule has 0 saturated carbocycles. The van der Waals surface area contributed by atoms with Crippen LogP contribution in [0.15, 0.2) is 30.3 Å². The molecular formula is C14H19NO. The van der Waals surface area contributed by atoms with E-state index in [1.165, 1.54) is 5.56 Å². The normalized spacial score (nSPS) is 25.7. The van der Waals surface area contributed by atoms with Crippen LogP contribution >= 0.6 is 0 Å². The highest BCUT2D eigenvalue weighted by Gasteiger charge is 2.38. The number of nitrogens with zero attached hydrogens (tertiary/aromatic N) is 1. The minimum absolute atomic E-state index is 0.0319. The Morgan fingerprint density at radius 3 is 2.50 bits per heavy atom. The van der Waals surface area contributed by atoms with Gasteiger partial charge in [0.1, 0.15) is 5.78 Å². The number of carbonyl (C=O) groups is 1. The van der Waals surface area contributed by atoms with Gasteiger partial charge in [0, 0.05) is 24.4 Å². The molecular weight excluding hydrogens is 198 g/mol. The van der Waals surface area contributed by atoms with Gasteiger partial charge < -0.3 is 0 Å². The van der Waals surface area contributed by atoms with E-state index in [0.29, 0.717) is 18.6 Å². The van der Waals surface area contributed by atoms with Gasteiger partial charge >= 0.3 is 0 Å². The number of hydrogen-bond donors (Lipinski definition) is 0. The lowest BCUT2D eigenvalue weighted by Gasteiger charge is -2.45. The van der Waals surface area contributed by atoms with Crippen LogP contribution in [-0.2, 0) is 4.79 Å². The van der Waals surface area contributed by atoms with Crippen LogP contribution in [0.25, 0.3) is 0 Å². The van der Waals surface area contributed by atoms with Gasteiger partial charge in [-0.3, -0.25) is 9.69 Å². The Morgan fingerprint density at radius 2 is 1.88 bits per heavy atom. The van der Waals surface area contributed by atoms with E-state index in [4.69, 9.17) is 0 Å². The van der Waals surface area contributed by atoms with Gasteiger partial charge in [0.05, 0.1) is 0 Å². The second-order valence-electron chi connectivity index (χ2n) is 5.27. The molecule has 0 bridgehead atoms. The van der Waals surface area contributed by atoms with Crippen molar-refractivity contribution in [3.63, 3.8) is 0 Å². The van der Waals surface area contributed by atoms with Gasteiger partial charge in [-0.05, 0) is 26.5 Å². The number of carbonyl (C=O) groups excluding carboxylic acids is 1. The van der Waals surface area contributed by atoms with E-state index < -0.39 is 0 Å². The minimum Gasteiger partial charge on any atom is -0.300 e. The van der Waals surface area contributed by atoms with Crippen molar-refractivity contribution in [3.05, 3.63) is 35.9 Å². The smallest absolute Gasteiger partial charge is 0.136 e. The fourth-order valence-corrected chi connectivity index (χ4v) is 2.47. The lowest BCUT2D eigenvalue weighted by Crippen LogP contribution is -2.49. The van der Waals surface area contributed by atoms with Gasteiger partial charge in [0.15, 0.2) is 0 Å². The molecule has 1 aliphatic rings. The second kappa shape index (κ2) is 4.02. The Balaban J connectivity index is 2.31. The molecule has 1 atom stereocenters. The van der Waals surface area contributed by atoms with Crippen LogP contribution in [-0.4, -0.2) is 23.3 Å². The third-order valence-corrected chi connectivity index (χ3v) is 3.66. The van der Waals surface area contributed by atoms with Gasteiger partial charge in [0.25, 0.3) is 0 Å². The van der Waals surface area contributed by atoms with Crippen molar-refractivity contribution >= 4 is 5.78 Å². The summed E-state index contributed by atoms with van der Waals surface area (Å²) in [4.78, 5) is 14.1. The monoisotopic (exact) mass is 217 g/mol. The van der Waals surface area contributed by atoms with E-state index in [9.17, 15) is 4.79 Å². The summed E-state index contributed by atoms with van der Waals surface area (Å²) in [5.41, 5.74) is 1.21. The zero-order chi connectivity index (χ0) is 11.8. The lowest BCUT2D eigenvalue weighted by molar-refractivity contribution is -0.127. The summed E-state index contributed by atoms with van der Waals surface area (Å²) in [5, 5.41) is 0. The molecule has 1 unspecified atom stereocenters. The molecule has 16 heavy (non-hydrogen) atoms. The molecule has 0 N–H and O–H groups in total. The number of Topliss-reactive ketones (excluding diaryl/α,β-unsaturated/α-hetero) is 1. The van der Waals surface area contributed by atoms with E-state index in [2.05, 4.69) is 37.9 Å². The average molecular weight is 217 g/mol. The maximum atomic E-state index is 11.8. The summed E-state index contributed by atoms with van der Waals surface area (Å²) in [6.07, 6.45) is 1.30. The topological polar surface area (TPSA) is 20.3 Å². The van der Waals surface area contributed by atoms with E-state index in [1.807, 2.05) is 18.2 Å². The number of rotatable bonds is 1. The average Bonchev–Trinajstić information content (AvgIpc) is 2.24. The van der Waals surface area contributed by atoms with E-state index in [0.717, 1.165) is 0 Å². The molecule has 0 spiro atoms. The van der Waals surface area contributed by atoms with Gasteiger partial charge in [-0.1, -0.05) is 30.3 Å². The van der Waals surface area contributed by atoms with Gasteiger partial charge in [-0.15, -0.1) is 0 Å². The second-order valence-corrected chi connectivity index (χ2v) is 5.27. The summed E-state index contributed by atoms with van der Waals surface area (Å²) in [7, 11) is 2.12. The summed E-state index contributed by atoms with van der Waals surface area (Å²) < 4.78 is 0. The highest BCUT2D eigenvalue weighted by molar-refractivity contribution is 5.81. The van der Waals surface area contributed by atoms with Crippen LogP contribution in [0.3, 0.4) is 0 Å². The first-order valence-electron chi connectivity index (χ1n) is 5.80. The predicted molar refractivity (Wildman–Crippen MR) is 65.3 cm³/mol. The maximum Gasteiger partial charge on any atom is 0.136 e. The molecule has 1 aromatic carbocycles. The first-order chi connectivity index (χ1) is 7.50. The van der Waals surface area contributed by atoms with Crippen LogP contribution in [0.4, 0.5) is 0 Å². The molecule has 86 valence electrons. The molecule has 1 heterocycles. The number of hydrogen-bond acceptors (Lipinski definition) is 2. The molecule has 0 aromatic heterocycles. The summed E-state index contributed by atoms with van der Waals surface area (Å²) in [6.45, 7) is 4.28. The quantitative estimate of drug-likeness (QED) is 0.721. The number of ketones is 1. The summed E-state index contributed by atoms with van der Waals surface area (Å²) in [6, 6.07) is 10.5. The first-order valence-corrected chi connectivity index (χ1v) is 5.80. The van der Waals surface area contributed by atoms with Crippen LogP contribution in [0.1, 0.15) is 38.3 Å². The third-order valence-electron chi connectivity index (χ3n) is 3.66. The first kappa shape index (κ1) is 11.3. The number of piperidine rings is 1. The molecule has 0 amide bonds. The zero-order valence-corrected chi connectivity index (χ0v) is 10.2.